The van der Waals surface area contributed by atoms with Gasteiger partial charge in [-0.25, -0.2) is 15.0 Å². The number of fused-ring (bicyclic) bond motifs is 2. The van der Waals surface area contributed by atoms with Crippen LogP contribution < -0.4 is 4.90 Å². The van der Waals surface area contributed by atoms with Crippen LogP contribution in [0.4, 0.5) is 5.82 Å². The molecule has 8 heteroatoms. The SMILES string of the molecule is O=C(c1ccc2nc[nH]c2c1)N1CCN(c2ncnc3[nH]ccc23)CC12CC2. The van der Waals surface area contributed by atoms with Crippen LogP contribution in [0.3, 0.4) is 0 Å². The molecule has 1 spiro atoms. The molecule has 140 valence electrons. The number of hydrogen-bond acceptors (Lipinski definition) is 5. The van der Waals surface area contributed by atoms with E-state index in [1.54, 1.807) is 12.7 Å². The van der Waals surface area contributed by atoms with E-state index in [9.17, 15) is 4.79 Å². The summed E-state index contributed by atoms with van der Waals surface area (Å²) in [5, 5.41) is 1.03. The Hall–Kier alpha value is -3.42. The summed E-state index contributed by atoms with van der Waals surface area (Å²) in [7, 11) is 0. The van der Waals surface area contributed by atoms with E-state index >= 15 is 0 Å². The van der Waals surface area contributed by atoms with Gasteiger partial charge in [0.15, 0.2) is 0 Å². The highest BCUT2D eigenvalue weighted by molar-refractivity contribution is 5.98. The second-order valence-electron chi connectivity index (χ2n) is 7.67. The fourth-order valence-electron chi connectivity index (χ4n) is 4.38. The minimum atomic E-state index is -0.0914. The molecule has 1 saturated heterocycles. The van der Waals surface area contributed by atoms with E-state index in [1.165, 1.54) is 0 Å². The fraction of sp³-hybridized carbons (Fsp3) is 0.300. The van der Waals surface area contributed by atoms with Crippen LogP contribution in [-0.4, -0.2) is 60.9 Å². The van der Waals surface area contributed by atoms with Crippen LogP contribution in [0, 0.1) is 0 Å². The number of carbonyl (C=O) groups is 1. The highest BCUT2D eigenvalue weighted by Crippen LogP contribution is 2.46. The van der Waals surface area contributed by atoms with Gasteiger partial charge in [0.05, 0.1) is 28.3 Å². The summed E-state index contributed by atoms with van der Waals surface area (Å²) >= 11 is 0. The van der Waals surface area contributed by atoms with E-state index in [0.29, 0.717) is 12.1 Å². The number of amides is 1. The summed E-state index contributed by atoms with van der Waals surface area (Å²) < 4.78 is 0. The summed E-state index contributed by atoms with van der Waals surface area (Å²) in [5.74, 6) is 1.05. The number of imidazole rings is 1. The molecular weight excluding hydrogens is 354 g/mol. The standard InChI is InChI=1S/C20H19N7O/c28-19(13-1-2-15-16(9-13)23-11-22-15)27-8-7-26(10-20(27)4-5-20)18-14-3-6-21-17(14)24-12-25-18/h1-3,6,9,11-12H,4-5,7-8,10H2,(H,22,23)(H,21,24,25). The number of anilines is 1. The molecule has 0 bridgehead atoms. The molecule has 4 aromatic rings. The van der Waals surface area contributed by atoms with E-state index in [0.717, 1.165) is 53.8 Å². The van der Waals surface area contributed by atoms with Crippen molar-refractivity contribution in [2.45, 2.75) is 18.4 Å². The van der Waals surface area contributed by atoms with Crippen molar-refractivity contribution in [1.29, 1.82) is 0 Å². The van der Waals surface area contributed by atoms with Gasteiger partial charge in [0.2, 0.25) is 0 Å². The third kappa shape index (κ3) is 2.24. The smallest absolute Gasteiger partial charge is 0.254 e. The number of nitrogens with one attached hydrogen (secondary N) is 2. The zero-order chi connectivity index (χ0) is 18.7. The van der Waals surface area contributed by atoms with E-state index in [-0.39, 0.29) is 11.4 Å². The monoisotopic (exact) mass is 373 g/mol. The Morgan fingerprint density at radius 1 is 1.07 bits per heavy atom. The number of aromatic amines is 2. The molecular formula is C20H19N7O. The normalized spacial score (nSPS) is 18.3. The molecule has 1 amide bonds. The topological polar surface area (TPSA) is 93.8 Å². The van der Waals surface area contributed by atoms with Crippen LogP contribution in [0.2, 0.25) is 0 Å². The zero-order valence-electron chi connectivity index (χ0n) is 15.2. The van der Waals surface area contributed by atoms with E-state index in [4.69, 9.17) is 0 Å². The van der Waals surface area contributed by atoms with Crippen molar-refractivity contribution in [3.63, 3.8) is 0 Å². The van der Waals surface area contributed by atoms with Gasteiger partial charge < -0.3 is 19.8 Å². The number of piperazine rings is 1. The van der Waals surface area contributed by atoms with Crippen molar-refractivity contribution in [3.8, 4) is 0 Å². The molecule has 28 heavy (non-hydrogen) atoms. The summed E-state index contributed by atoms with van der Waals surface area (Å²) in [6.45, 7) is 2.26. The molecule has 8 nitrogen and oxygen atoms in total. The quantitative estimate of drug-likeness (QED) is 0.562. The van der Waals surface area contributed by atoms with Gasteiger partial charge in [-0.05, 0) is 37.1 Å². The molecule has 3 aromatic heterocycles. The minimum absolute atomic E-state index is 0.0914. The van der Waals surface area contributed by atoms with Gasteiger partial charge in [0.1, 0.15) is 17.8 Å². The molecule has 1 saturated carbocycles. The van der Waals surface area contributed by atoms with E-state index in [1.807, 2.05) is 30.5 Å². The number of aromatic nitrogens is 5. The van der Waals surface area contributed by atoms with Gasteiger partial charge in [-0.15, -0.1) is 0 Å². The van der Waals surface area contributed by atoms with Crippen LogP contribution in [0.5, 0.6) is 0 Å². The second kappa shape index (κ2) is 5.54. The van der Waals surface area contributed by atoms with Gasteiger partial charge in [-0.1, -0.05) is 0 Å². The highest BCUT2D eigenvalue weighted by Gasteiger charge is 2.53. The number of rotatable bonds is 2. The molecule has 1 aliphatic carbocycles. The lowest BCUT2D eigenvalue weighted by atomic mass is 10.1. The van der Waals surface area contributed by atoms with Crippen molar-refractivity contribution in [3.05, 3.63) is 48.7 Å². The maximum Gasteiger partial charge on any atom is 0.254 e. The third-order valence-electron chi connectivity index (χ3n) is 6.02. The van der Waals surface area contributed by atoms with Crippen molar-refractivity contribution < 1.29 is 4.79 Å². The van der Waals surface area contributed by atoms with Gasteiger partial charge in [-0.2, -0.15) is 0 Å². The lowest BCUT2D eigenvalue weighted by Crippen LogP contribution is -2.57. The lowest BCUT2D eigenvalue weighted by molar-refractivity contribution is 0.0624. The van der Waals surface area contributed by atoms with Crippen molar-refractivity contribution >= 4 is 33.8 Å². The van der Waals surface area contributed by atoms with Crippen LogP contribution in [0.15, 0.2) is 43.1 Å². The Morgan fingerprint density at radius 2 is 2.00 bits per heavy atom. The average Bonchev–Trinajstić information content (AvgIpc) is 3.13. The molecule has 2 fully saturated rings. The molecule has 1 aromatic carbocycles. The number of benzene rings is 1. The van der Waals surface area contributed by atoms with Crippen molar-refractivity contribution in [2.75, 3.05) is 24.5 Å². The Balaban J connectivity index is 1.30. The maximum atomic E-state index is 13.3. The number of H-pyrrole nitrogens is 2. The Labute approximate surface area is 160 Å². The largest absolute Gasteiger partial charge is 0.352 e. The molecule has 0 unspecified atom stereocenters. The van der Waals surface area contributed by atoms with E-state index in [2.05, 4.69) is 34.7 Å². The molecule has 2 N–H and O–H groups in total. The van der Waals surface area contributed by atoms with Gasteiger partial charge >= 0.3 is 0 Å². The van der Waals surface area contributed by atoms with Crippen LogP contribution in [0.1, 0.15) is 23.2 Å². The first-order valence-corrected chi connectivity index (χ1v) is 9.52. The predicted octanol–water partition coefficient (Wildman–Crippen LogP) is 2.33. The summed E-state index contributed by atoms with van der Waals surface area (Å²) in [4.78, 5) is 36.9. The summed E-state index contributed by atoms with van der Waals surface area (Å²) in [6.07, 6.45) is 7.21. The number of nitrogens with zero attached hydrogens (tertiary/aromatic N) is 5. The molecule has 0 radical (unpaired) electrons. The molecule has 2 aliphatic rings. The van der Waals surface area contributed by atoms with Crippen LogP contribution in [-0.2, 0) is 0 Å². The van der Waals surface area contributed by atoms with E-state index < -0.39 is 0 Å². The predicted molar refractivity (Wildman–Crippen MR) is 105 cm³/mol. The van der Waals surface area contributed by atoms with Crippen LogP contribution >= 0.6 is 0 Å². The lowest BCUT2D eigenvalue weighted by Gasteiger charge is -2.42. The minimum Gasteiger partial charge on any atom is -0.352 e. The van der Waals surface area contributed by atoms with Gasteiger partial charge in [0, 0.05) is 31.4 Å². The van der Waals surface area contributed by atoms with Gasteiger partial charge in [0.25, 0.3) is 5.91 Å². The average molecular weight is 373 g/mol. The zero-order valence-corrected chi connectivity index (χ0v) is 15.2. The number of carbonyl (C=O) groups excluding carboxylic acids is 1. The van der Waals surface area contributed by atoms with Crippen molar-refractivity contribution in [1.82, 2.24) is 29.8 Å². The fourth-order valence-corrected chi connectivity index (χ4v) is 4.38. The maximum absolute atomic E-state index is 13.3. The first kappa shape index (κ1) is 15.6. The first-order valence-electron chi connectivity index (χ1n) is 9.52. The Morgan fingerprint density at radius 3 is 2.89 bits per heavy atom. The number of hydrogen-bond donors (Lipinski definition) is 2. The Bertz CT molecular complexity index is 1210. The third-order valence-corrected chi connectivity index (χ3v) is 6.02. The molecule has 1 aliphatic heterocycles. The highest BCUT2D eigenvalue weighted by atomic mass is 16.2. The molecule has 4 heterocycles. The van der Waals surface area contributed by atoms with Crippen molar-refractivity contribution in [2.24, 2.45) is 0 Å². The second-order valence-corrected chi connectivity index (χ2v) is 7.67. The Kier molecular flexibility index (Phi) is 3.09. The van der Waals surface area contributed by atoms with Gasteiger partial charge in [-0.3, -0.25) is 4.79 Å². The molecule has 6 rings (SSSR count). The summed E-state index contributed by atoms with van der Waals surface area (Å²) in [5.41, 5.74) is 3.24. The first-order chi connectivity index (χ1) is 13.7. The summed E-state index contributed by atoms with van der Waals surface area (Å²) in [6, 6.07) is 7.70. The molecule has 0 atom stereocenters. The van der Waals surface area contributed by atoms with Crippen LogP contribution in [0.25, 0.3) is 22.1 Å².